The molecule has 0 saturated carbocycles. The number of allylic oxidation sites excluding steroid dienone is 2. The Kier molecular flexibility index (Phi) is 4.02. The highest BCUT2D eigenvalue weighted by Gasteiger charge is 2.31. The Labute approximate surface area is 123 Å². The van der Waals surface area contributed by atoms with E-state index in [2.05, 4.69) is 4.74 Å². The van der Waals surface area contributed by atoms with Crippen LogP contribution in [0.15, 0.2) is 23.5 Å². The Morgan fingerprint density at radius 1 is 1.29 bits per heavy atom. The fourth-order valence-corrected chi connectivity index (χ4v) is 2.18. The predicted octanol–water partition coefficient (Wildman–Crippen LogP) is 2.80. The summed E-state index contributed by atoms with van der Waals surface area (Å²) in [5, 5.41) is 0. The smallest absolute Gasteiger partial charge is 0.346 e. The number of benzene rings is 1. The van der Waals surface area contributed by atoms with Gasteiger partial charge in [-0.15, -0.1) is 0 Å². The zero-order valence-corrected chi connectivity index (χ0v) is 12.8. The minimum atomic E-state index is -0.729. The summed E-state index contributed by atoms with van der Waals surface area (Å²) in [5.41, 5.74) is 2.12. The van der Waals surface area contributed by atoms with Gasteiger partial charge in [-0.3, -0.25) is 4.79 Å². The van der Waals surface area contributed by atoms with Crippen LogP contribution in [0.5, 0.6) is 11.5 Å². The Hall–Kier alpha value is -2.30. The summed E-state index contributed by atoms with van der Waals surface area (Å²) in [6.45, 7) is 7.06. The van der Waals surface area contributed by atoms with E-state index < -0.39 is 12.1 Å². The fourth-order valence-electron chi connectivity index (χ4n) is 2.18. The number of carbonyl (C=O) groups excluding carboxylic acids is 2. The van der Waals surface area contributed by atoms with E-state index >= 15 is 0 Å². The van der Waals surface area contributed by atoms with Crippen molar-refractivity contribution >= 4 is 11.8 Å². The second kappa shape index (κ2) is 5.60. The Bertz CT molecular complexity index is 638. The first-order chi connectivity index (χ1) is 9.85. The molecule has 0 N–H and O–H groups in total. The third-order valence-corrected chi connectivity index (χ3v) is 3.22. The number of hydrogen-bond acceptors (Lipinski definition) is 5. The summed E-state index contributed by atoms with van der Waals surface area (Å²) in [5.74, 6) is 0.701. The molecule has 1 unspecified atom stereocenters. The average molecular weight is 290 g/mol. The van der Waals surface area contributed by atoms with Crippen LogP contribution < -0.4 is 9.47 Å². The Morgan fingerprint density at radius 3 is 2.52 bits per heavy atom. The molecule has 1 atom stereocenters. The van der Waals surface area contributed by atoms with Gasteiger partial charge in [0.25, 0.3) is 0 Å². The fraction of sp³-hybridized carbons (Fsp3) is 0.375. The molecule has 0 bridgehead atoms. The molecule has 0 fully saturated rings. The van der Waals surface area contributed by atoms with Crippen molar-refractivity contribution in [3.05, 3.63) is 34.6 Å². The van der Waals surface area contributed by atoms with Gasteiger partial charge in [0.2, 0.25) is 5.78 Å². The summed E-state index contributed by atoms with van der Waals surface area (Å²) in [6.07, 6.45) is -0.729. The van der Waals surface area contributed by atoms with Gasteiger partial charge >= 0.3 is 5.97 Å². The third kappa shape index (κ3) is 2.77. The average Bonchev–Trinajstić information content (AvgIpc) is 2.75. The van der Waals surface area contributed by atoms with Crippen molar-refractivity contribution in [3.8, 4) is 11.5 Å². The first-order valence-electron chi connectivity index (χ1n) is 6.64. The summed E-state index contributed by atoms with van der Waals surface area (Å²) in [6, 6.07) is 3.34. The number of esters is 1. The molecule has 0 saturated heterocycles. The molecule has 0 aromatic heterocycles. The van der Waals surface area contributed by atoms with Crippen LogP contribution in [0.1, 0.15) is 36.7 Å². The molecular formula is C16H18O5. The highest BCUT2D eigenvalue weighted by atomic mass is 16.6. The molecule has 1 aliphatic rings. The molecule has 21 heavy (non-hydrogen) atoms. The van der Waals surface area contributed by atoms with Gasteiger partial charge < -0.3 is 14.2 Å². The van der Waals surface area contributed by atoms with Crippen LogP contribution in [0.3, 0.4) is 0 Å². The van der Waals surface area contributed by atoms with E-state index in [1.54, 1.807) is 19.1 Å². The van der Waals surface area contributed by atoms with E-state index in [9.17, 15) is 9.59 Å². The van der Waals surface area contributed by atoms with E-state index in [0.717, 1.165) is 11.1 Å². The largest absolute Gasteiger partial charge is 0.479 e. The number of ketones is 1. The van der Waals surface area contributed by atoms with Gasteiger partial charge in [-0.1, -0.05) is 0 Å². The van der Waals surface area contributed by atoms with Crippen molar-refractivity contribution in [1.29, 1.82) is 0 Å². The number of Topliss-reactive ketones (excluding diaryl/α,β-unsaturated/α-hetero) is 1. The molecule has 0 amide bonds. The molecular weight excluding hydrogens is 272 g/mol. The molecule has 1 aromatic rings. The number of carbonyl (C=O) groups is 2. The Morgan fingerprint density at radius 2 is 1.95 bits per heavy atom. The summed E-state index contributed by atoms with van der Waals surface area (Å²) in [4.78, 5) is 23.6. The van der Waals surface area contributed by atoms with Gasteiger partial charge in [-0.25, -0.2) is 4.79 Å². The minimum Gasteiger partial charge on any atom is -0.479 e. The Balaban J connectivity index is 2.35. The molecule has 5 nitrogen and oxygen atoms in total. The first-order valence-corrected chi connectivity index (χ1v) is 6.64. The number of rotatable bonds is 3. The number of methoxy groups -OCH3 is 1. The maximum Gasteiger partial charge on any atom is 0.346 e. The lowest BCUT2D eigenvalue weighted by atomic mass is 10.0. The van der Waals surface area contributed by atoms with E-state index in [4.69, 9.17) is 9.47 Å². The second-order valence-electron chi connectivity index (χ2n) is 5.16. The maximum atomic E-state index is 12.2. The van der Waals surface area contributed by atoms with Crippen LogP contribution in [0, 0.1) is 6.92 Å². The number of ether oxygens (including phenoxy) is 3. The zero-order chi connectivity index (χ0) is 15.7. The number of hydrogen-bond donors (Lipinski definition) is 0. The van der Waals surface area contributed by atoms with E-state index in [0.29, 0.717) is 22.8 Å². The van der Waals surface area contributed by atoms with Gasteiger partial charge in [-0.2, -0.15) is 0 Å². The molecule has 1 heterocycles. The van der Waals surface area contributed by atoms with Crippen molar-refractivity contribution in [2.45, 2.75) is 33.8 Å². The van der Waals surface area contributed by atoms with Gasteiger partial charge in [0.15, 0.2) is 11.9 Å². The molecule has 5 heteroatoms. The lowest BCUT2D eigenvalue weighted by Crippen LogP contribution is -2.24. The van der Waals surface area contributed by atoms with Crippen LogP contribution in [0.25, 0.3) is 0 Å². The van der Waals surface area contributed by atoms with Gasteiger partial charge in [0.1, 0.15) is 11.5 Å². The van der Waals surface area contributed by atoms with Crippen molar-refractivity contribution < 1.29 is 23.8 Å². The minimum absolute atomic E-state index is 0.116. The quantitative estimate of drug-likeness (QED) is 0.632. The van der Waals surface area contributed by atoms with E-state index in [1.807, 2.05) is 20.8 Å². The van der Waals surface area contributed by atoms with E-state index in [1.165, 1.54) is 7.11 Å². The second-order valence-corrected chi connectivity index (χ2v) is 5.16. The van der Waals surface area contributed by atoms with Crippen molar-refractivity contribution in [2.24, 2.45) is 0 Å². The highest BCUT2D eigenvalue weighted by molar-refractivity contribution is 6.13. The lowest BCUT2D eigenvalue weighted by molar-refractivity contribution is -0.147. The molecule has 112 valence electrons. The molecule has 1 aromatic carbocycles. The third-order valence-electron chi connectivity index (χ3n) is 3.22. The van der Waals surface area contributed by atoms with Crippen molar-refractivity contribution in [3.63, 3.8) is 0 Å². The zero-order valence-electron chi connectivity index (χ0n) is 12.8. The normalized spacial score (nSPS) is 14.3. The van der Waals surface area contributed by atoms with Crippen LogP contribution in [-0.4, -0.2) is 25.0 Å². The molecule has 1 aliphatic heterocycles. The van der Waals surface area contributed by atoms with Gasteiger partial charge in [0, 0.05) is 6.07 Å². The van der Waals surface area contributed by atoms with E-state index in [-0.39, 0.29) is 5.78 Å². The monoisotopic (exact) mass is 290 g/mol. The highest BCUT2D eigenvalue weighted by Crippen LogP contribution is 2.38. The van der Waals surface area contributed by atoms with Crippen LogP contribution in [0.2, 0.25) is 0 Å². The lowest BCUT2D eigenvalue weighted by Gasteiger charge is -2.13. The summed E-state index contributed by atoms with van der Waals surface area (Å²) < 4.78 is 15.7. The number of aryl methyl sites for hydroxylation is 1. The summed E-state index contributed by atoms with van der Waals surface area (Å²) in [7, 11) is 1.30. The van der Waals surface area contributed by atoms with Crippen LogP contribution in [-0.2, 0) is 9.53 Å². The van der Waals surface area contributed by atoms with Gasteiger partial charge in [-0.05, 0) is 44.9 Å². The molecule has 2 rings (SSSR count). The van der Waals surface area contributed by atoms with Gasteiger partial charge in [0.05, 0.1) is 12.7 Å². The predicted molar refractivity (Wildman–Crippen MR) is 76.6 cm³/mol. The number of fused-ring (bicyclic) bond motifs is 1. The molecule has 0 radical (unpaired) electrons. The summed E-state index contributed by atoms with van der Waals surface area (Å²) >= 11 is 0. The maximum absolute atomic E-state index is 12.2. The van der Waals surface area contributed by atoms with Crippen LogP contribution >= 0.6 is 0 Å². The molecule has 0 aliphatic carbocycles. The van der Waals surface area contributed by atoms with Crippen molar-refractivity contribution in [1.82, 2.24) is 0 Å². The SMILES string of the molecule is COC(=O)C(C)Oc1cc(C)c2c(c1)OC(=C(C)C)C2=O. The standard InChI is InChI=1S/C16H18O5/c1-8(2)15-14(17)13-9(3)6-11(7-12(13)21-15)20-10(4)16(18)19-5/h6-7,10H,1-5H3. The first kappa shape index (κ1) is 15.1. The van der Waals surface area contributed by atoms with Crippen molar-refractivity contribution in [2.75, 3.05) is 7.11 Å². The van der Waals surface area contributed by atoms with Crippen LogP contribution in [0.4, 0.5) is 0 Å². The molecule has 0 spiro atoms. The topological polar surface area (TPSA) is 61.8 Å².